The highest BCUT2D eigenvalue weighted by Crippen LogP contribution is 2.32. The van der Waals surface area contributed by atoms with Crippen molar-refractivity contribution in [3.05, 3.63) is 53.1 Å². The lowest BCUT2D eigenvalue weighted by atomic mass is 10.1. The number of aryl methyl sites for hydroxylation is 3. The summed E-state index contributed by atoms with van der Waals surface area (Å²) in [5, 5.41) is 0.731. The van der Waals surface area contributed by atoms with Crippen LogP contribution in [0.2, 0.25) is 0 Å². The van der Waals surface area contributed by atoms with Gasteiger partial charge in [-0.3, -0.25) is 14.6 Å². The van der Waals surface area contributed by atoms with Gasteiger partial charge in [0, 0.05) is 26.2 Å². The van der Waals surface area contributed by atoms with Gasteiger partial charge in [0.15, 0.2) is 11.7 Å². The lowest BCUT2D eigenvalue weighted by Gasteiger charge is -2.29. The highest BCUT2D eigenvalue weighted by atomic mass is 35.5. The van der Waals surface area contributed by atoms with E-state index in [0.717, 1.165) is 59.3 Å². The van der Waals surface area contributed by atoms with Gasteiger partial charge in [0.05, 0.1) is 23.4 Å². The van der Waals surface area contributed by atoms with Crippen LogP contribution in [-0.4, -0.2) is 61.8 Å². The first-order valence-electron chi connectivity index (χ1n) is 10.7. The molecule has 2 aromatic carbocycles. The number of aromatic nitrogens is 1. The molecule has 1 fully saturated rings. The number of halogens is 1. The van der Waals surface area contributed by atoms with Crippen molar-refractivity contribution >= 4 is 45.0 Å². The number of hydrogen-bond acceptors (Lipinski definition) is 6. The van der Waals surface area contributed by atoms with Gasteiger partial charge in [0.2, 0.25) is 0 Å². The van der Waals surface area contributed by atoms with Crippen molar-refractivity contribution in [3.8, 4) is 5.75 Å². The number of thiazole rings is 1. The van der Waals surface area contributed by atoms with Gasteiger partial charge in [-0.2, -0.15) is 0 Å². The Balaban J connectivity index is 0.00000289. The van der Waals surface area contributed by atoms with Crippen molar-refractivity contribution in [2.75, 3.05) is 50.9 Å². The Kier molecular flexibility index (Phi) is 8.48. The van der Waals surface area contributed by atoms with E-state index in [-0.39, 0.29) is 24.9 Å². The predicted molar refractivity (Wildman–Crippen MR) is 133 cm³/mol. The zero-order chi connectivity index (χ0) is 21.8. The molecule has 1 aliphatic heterocycles. The lowest BCUT2D eigenvalue weighted by Crippen LogP contribution is -2.44. The molecule has 3 aromatic rings. The van der Waals surface area contributed by atoms with Crippen molar-refractivity contribution in [1.82, 2.24) is 9.88 Å². The molecule has 172 valence electrons. The Morgan fingerprint density at radius 3 is 2.72 bits per heavy atom. The second-order valence-electron chi connectivity index (χ2n) is 7.96. The summed E-state index contributed by atoms with van der Waals surface area (Å²) < 4.78 is 12.4. The van der Waals surface area contributed by atoms with Gasteiger partial charge in [-0.15, -0.1) is 12.4 Å². The minimum atomic E-state index is -0.0804. The maximum absolute atomic E-state index is 13.2. The fourth-order valence-electron chi connectivity index (χ4n) is 3.65. The second-order valence-corrected chi connectivity index (χ2v) is 8.96. The topological polar surface area (TPSA) is 54.9 Å². The number of carbonyl (C=O) groups is 1. The average Bonchev–Trinajstić information content (AvgIpc) is 3.20. The third-order valence-electron chi connectivity index (χ3n) is 5.70. The van der Waals surface area contributed by atoms with Crippen LogP contribution >= 0.6 is 23.7 Å². The summed E-state index contributed by atoms with van der Waals surface area (Å²) in [5.41, 5.74) is 4.45. The molecule has 1 saturated heterocycles. The van der Waals surface area contributed by atoms with Crippen molar-refractivity contribution < 1.29 is 14.3 Å². The lowest BCUT2D eigenvalue weighted by molar-refractivity contribution is -0.120. The molecule has 4 rings (SSSR count). The Morgan fingerprint density at radius 2 is 1.97 bits per heavy atom. The van der Waals surface area contributed by atoms with Crippen LogP contribution in [0.5, 0.6) is 5.75 Å². The van der Waals surface area contributed by atoms with Crippen molar-refractivity contribution in [3.63, 3.8) is 0 Å². The van der Waals surface area contributed by atoms with E-state index >= 15 is 0 Å². The fraction of sp³-hybridized carbons (Fsp3) is 0.417. The van der Waals surface area contributed by atoms with E-state index in [1.165, 1.54) is 5.56 Å². The maximum atomic E-state index is 13.2. The SMILES string of the molecule is Cc1cccc(OCC(=O)N(CCN2CCOCC2)c2nc3c(C)c(C)ccc3s2)c1.Cl. The molecule has 1 aliphatic rings. The van der Waals surface area contributed by atoms with E-state index in [1.54, 1.807) is 16.2 Å². The van der Waals surface area contributed by atoms with E-state index in [1.807, 2.05) is 31.2 Å². The van der Waals surface area contributed by atoms with E-state index in [9.17, 15) is 4.79 Å². The van der Waals surface area contributed by atoms with Crippen LogP contribution in [-0.2, 0) is 9.53 Å². The third kappa shape index (κ3) is 5.78. The van der Waals surface area contributed by atoms with Crippen LogP contribution in [0, 0.1) is 20.8 Å². The number of benzene rings is 2. The number of amides is 1. The van der Waals surface area contributed by atoms with Gasteiger partial charge in [-0.1, -0.05) is 29.5 Å². The minimum absolute atomic E-state index is 0. The summed E-state index contributed by atoms with van der Waals surface area (Å²) in [6, 6.07) is 12.0. The van der Waals surface area contributed by atoms with E-state index < -0.39 is 0 Å². The molecule has 6 nitrogen and oxygen atoms in total. The number of carbonyl (C=O) groups excluding carboxylic acids is 1. The molecule has 0 radical (unpaired) electrons. The Hall–Kier alpha value is -2.19. The Labute approximate surface area is 199 Å². The van der Waals surface area contributed by atoms with Crippen LogP contribution in [0.25, 0.3) is 10.2 Å². The number of morpholine rings is 1. The van der Waals surface area contributed by atoms with Crippen LogP contribution < -0.4 is 9.64 Å². The average molecular weight is 476 g/mol. The van der Waals surface area contributed by atoms with Crippen LogP contribution in [0.3, 0.4) is 0 Å². The first-order valence-corrected chi connectivity index (χ1v) is 11.5. The summed E-state index contributed by atoms with van der Waals surface area (Å²) in [6.45, 7) is 10.8. The smallest absolute Gasteiger partial charge is 0.266 e. The Bertz CT molecular complexity index is 1070. The van der Waals surface area contributed by atoms with Gasteiger partial charge >= 0.3 is 0 Å². The largest absolute Gasteiger partial charge is 0.484 e. The summed E-state index contributed by atoms with van der Waals surface area (Å²) in [4.78, 5) is 22.2. The van der Waals surface area contributed by atoms with Gasteiger partial charge < -0.3 is 9.47 Å². The highest BCUT2D eigenvalue weighted by Gasteiger charge is 2.22. The van der Waals surface area contributed by atoms with Crippen LogP contribution in [0.15, 0.2) is 36.4 Å². The maximum Gasteiger partial charge on any atom is 0.266 e. The van der Waals surface area contributed by atoms with Crippen molar-refractivity contribution in [2.45, 2.75) is 20.8 Å². The number of rotatable bonds is 7. The molecule has 1 amide bonds. The minimum Gasteiger partial charge on any atom is -0.484 e. The first kappa shape index (κ1) is 24.5. The van der Waals surface area contributed by atoms with E-state index in [2.05, 4.69) is 30.9 Å². The molecule has 0 spiro atoms. The molecule has 0 saturated carbocycles. The molecule has 32 heavy (non-hydrogen) atoms. The van der Waals surface area contributed by atoms with Gasteiger partial charge in [-0.25, -0.2) is 4.98 Å². The molecule has 0 unspecified atom stereocenters. The number of nitrogens with zero attached hydrogens (tertiary/aromatic N) is 3. The summed E-state index contributed by atoms with van der Waals surface area (Å²) in [5.74, 6) is 0.625. The molecule has 8 heteroatoms. The second kappa shape index (κ2) is 11.1. The molecule has 0 atom stereocenters. The number of hydrogen-bond donors (Lipinski definition) is 0. The van der Waals surface area contributed by atoms with Crippen molar-refractivity contribution in [2.24, 2.45) is 0 Å². The summed E-state index contributed by atoms with van der Waals surface area (Å²) in [6.07, 6.45) is 0. The van der Waals surface area contributed by atoms with Gasteiger partial charge in [0.1, 0.15) is 5.75 Å². The van der Waals surface area contributed by atoms with Crippen LogP contribution in [0.4, 0.5) is 5.13 Å². The molecule has 0 N–H and O–H groups in total. The monoisotopic (exact) mass is 475 g/mol. The fourth-order valence-corrected chi connectivity index (χ4v) is 4.72. The number of anilines is 1. The Morgan fingerprint density at radius 1 is 1.19 bits per heavy atom. The first-order chi connectivity index (χ1) is 15.0. The molecule has 1 aromatic heterocycles. The van der Waals surface area contributed by atoms with Crippen molar-refractivity contribution in [1.29, 1.82) is 0 Å². The molecule has 0 aliphatic carbocycles. The standard InChI is InChI=1S/C24H29N3O3S.ClH/c1-17-5-4-6-20(15-17)30-16-22(28)27(10-9-26-11-13-29-14-12-26)24-25-23-19(3)18(2)7-8-21(23)31-24;/h4-8,15H,9-14,16H2,1-3H3;1H. The predicted octanol–water partition coefficient (Wildman–Crippen LogP) is 4.39. The molecular formula is C24H30ClN3O3S. The summed E-state index contributed by atoms with van der Waals surface area (Å²) in [7, 11) is 0. The molecule has 0 bridgehead atoms. The molecule has 2 heterocycles. The van der Waals surface area contributed by atoms with Gasteiger partial charge in [-0.05, 0) is 55.7 Å². The van der Waals surface area contributed by atoms with Gasteiger partial charge in [0.25, 0.3) is 5.91 Å². The zero-order valence-electron chi connectivity index (χ0n) is 18.8. The summed E-state index contributed by atoms with van der Waals surface area (Å²) >= 11 is 1.56. The normalized spacial score (nSPS) is 14.2. The highest BCUT2D eigenvalue weighted by molar-refractivity contribution is 7.22. The van der Waals surface area contributed by atoms with E-state index in [0.29, 0.717) is 12.3 Å². The van der Waals surface area contributed by atoms with Crippen LogP contribution in [0.1, 0.15) is 16.7 Å². The van der Waals surface area contributed by atoms with E-state index in [4.69, 9.17) is 14.5 Å². The zero-order valence-corrected chi connectivity index (χ0v) is 20.4. The molecular weight excluding hydrogens is 446 g/mol. The quantitative estimate of drug-likeness (QED) is 0.507. The third-order valence-corrected chi connectivity index (χ3v) is 6.74. The number of ether oxygens (including phenoxy) is 2. The number of fused-ring (bicyclic) bond motifs is 1.